The Balaban J connectivity index is 1.84. The predicted octanol–water partition coefficient (Wildman–Crippen LogP) is 5.59. The van der Waals surface area contributed by atoms with Crippen LogP contribution in [0.4, 0.5) is 0 Å². The number of hydrogen-bond acceptors (Lipinski definition) is 0. The molecule has 0 amide bonds. The van der Waals surface area contributed by atoms with Crippen molar-refractivity contribution in [3.05, 3.63) is 70.2 Å². The predicted molar refractivity (Wildman–Crippen MR) is 87.4 cm³/mol. The molecule has 0 aliphatic carbocycles. The third-order valence-electron chi connectivity index (χ3n) is 3.20. The molecule has 0 aliphatic heterocycles. The molecule has 0 saturated carbocycles. The Hall–Kier alpha value is -0.790. The summed E-state index contributed by atoms with van der Waals surface area (Å²) in [5, 5.41) is 0.801. The third kappa shape index (κ3) is 5.00. The summed E-state index contributed by atoms with van der Waals surface area (Å²) in [4.78, 5) is 0.509. The summed E-state index contributed by atoms with van der Waals surface area (Å²) in [5.74, 6) is 0. The van der Waals surface area contributed by atoms with Gasteiger partial charge in [-0.3, -0.25) is 0 Å². The van der Waals surface area contributed by atoms with Crippen LogP contribution < -0.4 is 0 Å². The van der Waals surface area contributed by atoms with Crippen molar-refractivity contribution >= 4 is 27.5 Å². The molecule has 0 spiro atoms. The minimum absolute atomic E-state index is 0.509. The van der Waals surface area contributed by atoms with Crippen molar-refractivity contribution in [2.75, 3.05) is 0 Å². The highest BCUT2D eigenvalue weighted by molar-refractivity contribution is 9.09. The van der Waals surface area contributed by atoms with Crippen LogP contribution in [0.1, 0.15) is 23.1 Å². The molecule has 100 valence electrons. The largest absolute Gasteiger partial charge is 0.0887 e. The quantitative estimate of drug-likeness (QED) is 0.624. The molecule has 2 aromatic carbocycles. The molecule has 0 N–H and O–H groups in total. The number of aryl methyl sites for hydroxylation is 2. The SMILES string of the molecule is Cc1cccc(CCC(Br)Cc2ccc(Cl)cc2)c1. The van der Waals surface area contributed by atoms with Gasteiger partial charge in [0.25, 0.3) is 0 Å². The summed E-state index contributed by atoms with van der Waals surface area (Å²) < 4.78 is 0. The molecule has 0 aliphatic rings. The van der Waals surface area contributed by atoms with Gasteiger partial charge in [0.15, 0.2) is 0 Å². The maximum absolute atomic E-state index is 5.89. The van der Waals surface area contributed by atoms with E-state index in [-0.39, 0.29) is 0 Å². The summed E-state index contributed by atoms with van der Waals surface area (Å²) in [6.07, 6.45) is 3.31. The van der Waals surface area contributed by atoms with Gasteiger partial charge in [-0.1, -0.05) is 69.5 Å². The van der Waals surface area contributed by atoms with Gasteiger partial charge in [-0.2, -0.15) is 0 Å². The molecule has 0 fully saturated rings. The highest BCUT2D eigenvalue weighted by Gasteiger charge is 2.06. The van der Waals surface area contributed by atoms with Crippen molar-refractivity contribution in [3.8, 4) is 0 Å². The Morgan fingerprint density at radius 2 is 1.79 bits per heavy atom. The summed E-state index contributed by atoms with van der Waals surface area (Å²) >= 11 is 9.67. The maximum atomic E-state index is 5.89. The molecular formula is C17H18BrCl. The van der Waals surface area contributed by atoms with Gasteiger partial charge in [0.1, 0.15) is 0 Å². The van der Waals surface area contributed by atoms with Crippen molar-refractivity contribution in [1.29, 1.82) is 0 Å². The van der Waals surface area contributed by atoms with Gasteiger partial charge < -0.3 is 0 Å². The fourth-order valence-corrected chi connectivity index (χ4v) is 2.90. The summed E-state index contributed by atoms with van der Waals surface area (Å²) in [5.41, 5.74) is 4.08. The Kier molecular flexibility index (Phi) is 5.47. The van der Waals surface area contributed by atoms with Crippen molar-refractivity contribution < 1.29 is 0 Å². The smallest absolute Gasteiger partial charge is 0.0406 e. The first-order valence-corrected chi connectivity index (χ1v) is 7.87. The van der Waals surface area contributed by atoms with Gasteiger partial charge in [0.05, 0.1) is 0 Å². The zero-order valence-electron chi connectivity index (χ0n) is 11.1. The summed E-state index contributed by atoms with van der Waals surface area (Å²) in [7, 11) is 0. The second-order valence-electron chi connectivity index (χ2n) is 4.96. The summed E-state index contributed by atoms with van der Waals surface area (Å²) in [6, 6.07) is 16.9. The molecule has 0 bridgehead atoms. The molecule has 0 heterocycles. The molecule has 1 atom stereocenters. The van der Waals surface area contributed by atoms with Crippen LogP contribution in [0.15, 0.2) is 48.5 Å². The summed E-state index contributed by atoms with van der Waals surface area (Å²) in [6.45, 7) is 2.14. The number of rotatable bonds is 5. The van der Waals surface area contributed by atoms with E-state index in [1.165, 1.54) is 16.7 Å². The van der Waals surface area contributed by atoms with Gasteiger partial charge >= 0.3 is 0 Å². The average Bonchev–Trinajstić information content (AvgIpc) is 2.39. The minimum Gasteiger partial charge on any atom is -0.0887 e. The molecule has 0 nitrogen and oxygen atoms in total. The second kappa shape index (κ2) is 7.12. The van der Waals surface area contributed by atoms with Gasteiger partial charge in [0, 0.05) is 9.85 Å². The zero-order valence-corrected chi connectivity index (χ0v) is 13.4. The fraction of sp³-hybridized carbons (Fsp3) is 0.294. The maximum Gasteiger partial charge on any atom is 0.0406 e. The molecule has 1 unspecified atom stereocenters. The standard InChI is InChI=1S/C17H18BrCl/c1-13-3-2-4-14(11-13)5-8-16(18)12-15-6-9-17(19)10-7-15/h2-4,6-7,9-11,16H,5,8,12H2,1H3. The lowest BCUT2D eigenvalue weighted by molar-refractivity contribution is 0.763. The molecular weight excluding hydrogens is 320 g/mol. The van der Waals surface area contributed by atoms with Gasteiger partial charge in [-0.15, -0.1) is 0 Å². The average molecular weight is 338 g/mol. The number of halogens is 2. The molecule has 2 aromatic rings. The number of hydrogen-bond donors (Lipinski definition) is 0. The zero-order chi connectivity index (χ0) is 13.7. The van der Waals surface area contributed by atoms with Crippen molar-refractivity contribution in [2.24, 2.45) is 0 Å². The fourth-order valence-electron chi connectivity index (χ4n) is 2.17. The highest BCUT2D eigenvalue weighted by Crippen LogP contribution is 2.18. The Labute approximate surface area is 128 Å². The van der Waals surface area contributed by atoms with E-state index in [4.69, 9.17) is 11.6 Å². The topological polar surface area (TPSA) is 0 Å². The van der Waals surface area contributed by atoms with Gasteiger partial charge in [0.2, 0.25) is 0 Å². The Morgan fingerprint density at radius 3 is 2.47 bits per heavy atom. The van der Waals surface area contributed by atoms with Crippen LogP contribution in [-0.4, -0.2) is 4.83 Å². The van der Waals surface area contributed by atoms with Crippen LogP contribution in [0, 0.1) is 6.92 Å². The van der Waals surface area contributed by atoms with E-state index in [0.717, 1.165) is 24.3 Å². The normalized spacial score (nSPS) is 12.4. The van der Waals surface area contributed by atoms with Crippen LogP contribution in [0.5, 0.6) is 0 Å². The lowest BCUT2D eigenvalue weighted by Crippen LogP contribution is -2.04. The monoisotopic (exact) mass is 336 g/mol. The minimum atomic E-state index is 0.509. The second-order valence-corrected chi connectivity index (χ2v) is 6.69. The van der Waals surface area contributed by atoms with Crippen LogP contribution in [0.2, 0.25) is 5.02 Å². The lowest BCUT2D eigenvalue weighted by Gasteiger charge is -2.10. The van der Waals surface area contributed by atoms with Crippen LogP contribution in [0.25, 0.3) is 0 Å². The van der Waals surface area contributed by atoms with E-state index in [1.807, 2.05) is 12.1 Å². The van der Waals surface area contributed by atoms with Crippen LogP contribution in [-0.2, 0) is 12.8 Å². The van der Waals surface area contributed by atoms with E-state index in [0.29, 0.717) is 4.83 Å². The van der Waals surface area contributed by atoms with Crippen molar-refractivity contribution in [2.45, 2.75) is 31.0 Å². The van der Waals surface area contributed by atoms with Crippen LogP contribution >= 0.6 is 27.5 Å². The Bertz CT molecular complexity index is 519. The van der Waals surface area contributed by atoms with E-state index in [1.54, 1.807) is 0 Å². The lowest BCUT2D eigenvalue weighted by atomic mass is 10.0. The first kappa shape index (κ1) is 14.6. The molecule has 0 radical (unpaired) electrons. The van der Waals surface area contributed by atoms with Crippen LogP contribution in [0.3, 0.4) is 0 Å². The number of benzene rings is 2. The highest BCUT2D eigenvalue weighted by atomic mass is 79.9. The third-order valence-corrected chi connectivity index (χ3v) is 4.23. The van der Waals surface area contributed by atoms with Crippen molar-refractivity contribution in [1.82, 2.24) is 0 Å². The molecule has 0 saturated heterocycles. The number of alkyl halides is 1. The van der Waals surface area contributed by atoms with Crippen molar-refractivity contribution in [3.63, 3.8) is 0 Å². The molecule has 2 rings (SSSR count). The first-order valence-electron chi connectivity index (χ1n) is 6.57. The van der Waals surface area contributed by atoms with E-state index in [9.17, 15) is 0 Å². The molecule has 2 heteroatoms. The first-order chi connectivity index (χ1) is 9.13. The van der Waals surface area contributed by atoms with E-state index < -0.39 is 0 Å². The van der Waals surface area contributed by atoms with Gasteiger partial charge in [-0.25, -0.2) is 0 Å². The molecule has 0 aromatic heterocycles. The van der Waals surface area contributed by atoms with Gasteiger partial charge in [-0.05, 0) is 49.4 Å². The van der Waals surface area contributed by atoms with E-state index in [2.05, 4.69) is 59.3 Å². The molecule has 19 heavy (non-hydrogen) atoms. The van der Waals surface area contributed by atoms with E-state index >= 15 is 0 Å². The Morgan fingerprint density at radius 1 is 1.05 bits per heavy atom.